The molecule has 20 aromatic rings. The molecule has 0 aliphatic carbocycles. The number of benzene rings is 13. The molecule has 0 aliphatic heterocycles. The molecule has 0 aliphatic rings. The molecule has 13 aromatic carbocycles. The van der Waals surface area contributed by atoms with E-state index in [-0.39, 0.29) is 65.0 Å². The van der Waals surface area contributed by atoms with Crippen molar-refractivity contribution in [1.82, 2.24) is 4.57 Å². The number of aromatic nitrogens is 1. The van der Waals surface area contributed by atoms with Crippen molar-refractivity contribution in [3.8, 4) is 0 Å². The summed E-state index contributed by atoms with van der Waals surface area (Å²) >= 11 is 12.1. The second-order valence-corrected chi connectivity index (χ2v) is 62.5. The number of rotatable bonds is 0. The van der Waals surface area contributed by atoms with Gasteiger partial charge in [-0.15, -0.1) is 68.0 Å². The Morgan fingerprint density at radius 1 is 0.169 bits per heavy atom. The average Bonchev–Trinajstić information content (AvgIpc) is 1.60. The molecule has 148 heavy (non-hydrogen) atoms. The van der Waals surface area contributed by atoms with Gasteiger partial charge in [0.2, 0.25) is 0 Å². The highest BCUT2D eigenvalue weighted by atomic mass is 32.1. The van der Waals surface area contributed by atoms with Crippen molar-refractivity contribution in [2.24, 2.45) is 7.05 Å². The van der Waals surface area contributed by atoms with E-state index < -0.39 is 0 Å². The Bertz CT molecular complexity index is 8130. The molecule has 7 heterocycles. The summed E-state index contributed by atoms with van der Waals surface area (Å²) in [6, 6.07) is 54.9. The molecule has 0 atom stereocenters. The van der Waals surface area contributed by atoms with E-state index in [2.05, 4.69) is 503 Å². The van der Waals surface area contributed by atoms with Gasteiger partial charge in [-0.3, -0.25) is 0 Å². The Morgan fingerprint density at radius 2 is 0.446 bits per heavy atom. The molecule has 7 aromatic heterocycles. The molecular formula is C141H177NS6. The van der Waals surface area contributed by atoms with E-state index in [0.29, 0.717) is 0 Å². The fraction of sp³-hybridized carbons (Fsp3) is 0.447. The quantitative estimate of drug-likeness (QED) is 0.133. The second kappa shape index (κ2) is 38.9. The predicted molar refractivity (Wildman–Crippen MR) is 681 cm³/mol. The van der Waals surface area contributed by atoms with E-state index in [0.717, 1.165) is 0 Å². The van der Waals surface area contributed by atoms with Gasteiger partial charge in [-0.05, 0) is 385 Å². The fourth-order valence-corrected chi connectivity index (χ4v) is 32.9. The molecule has 0 saturated heterocycles. The molecule has 0 fully saturated rings. The van der Waals surface area contributed by atoms with Crippen LogP contribution in [0.5, 0.6) is 0 Å². The van der Waals surface area contributed by atoms with E-state index in [9.17, 15) is 0 Å². The SMILES string of the molecule is CC(C)(C)c1c2ccccc2c(C(C)(C)C)c2ccccc12.CC(C)(C)c1ccc2cc3cc(C(C)(C)C)ccc3cc2c1.Cc1c(C(C)(C)C)c(C)c2c(sc3c2sc2c(C)c(C)c(C(C)(C)C)c(C)c23)c1C.Cc1c(C(C)(C)C)sc2c1c(C)c(C)c1c3sc(C(C)(C)C)c(C)c3c(C)c(C)c21.Cc1c(C)c2cc(C(C)(C)C)sc2c2sc(C(C)(C)C)cc12.Cn1c2cc(C(C)(C)C)ccc2c2ccc(C(C)(C)C)cc21. The van der Waals surface area contributed by atoms with Gasteiger partial charge in [0, 0.05) is 88.7 Å². The molecule has 0 saturated carbocycles. The fourth-order valence-electron chi connectivity index (χ4n) is 24.0. The molecular weight excluding hydrogens is 1900 g/mol. The molecule has 782 valence electrons. The molecule has 0 N–H and O–H groups in total. The third kappa shape index (κ3) is 20.8. The van der Waals surface area contributed by atoms with Crippen LogP contribution in [0.2, 0.25) is 0 Å². The molecule has 0 amide bonds. The van der Waals surface area contributed by atoms with Crippen molar-refractivity contribution in [3.05, 3.63) is 287 Å². The summed E-state index contributed by atoms with van der Waals surface area (Å²) < 4.78 is 14.3. The van der Waals surface area contributed by atoms with E-state index in [4.69, 9.17) is 0 Å². The van der Waals surface area contributed by atoms with E-state index in [1.165, 1.54) is 287 Å². The maximum Gasteiger partial charge on any atom is 0.0545 e. The summed E-state index contributed by atoms with van der Waals surface area (Å²) in [4.78, 5) is 6.04. The lowest BCUT2D eigenvalue weighted by Crippen LogP contribution is -2.17. The Morgan fingerprint density at radius 3 is 0.716 bits per heavy atom. The van der Waals surface area contributed by atoms with Crippen LogP contribution in [0.3, 0.4) is 0 Å². The Kier molecular flexibility index (Phi) is 29.7. The third-order valence-electron chi connectivity index (χ3n) is 32.3. The lowest BCUT2D eigenvalue weighted by Gasteiger charge is -2.30. The topological polar surface area (TPSA) is 4.93 Å². The van der Waals surface area contributed by atoms with Gasteiger partial charge in [0.05, 0.1) is 18.8 Å². The van der Waals surface area contributed by atoms with E-state index in [1.807, 2.05) is 68.0 Å². The van der Waals surface area contributed by atoms with Gasteiger partial charge >= 0.3 is 0 Å². The van der Waals surface area contributed by atoms with Crippen molar-refractivity contribution >= 4 is 214 Å². The Balaban J connectivity index is 0.000000134. The summed E-state index contributed by atoms with van der Waals surface area (Å²) in [5.41, 5.74) is 36.9. The van der Waals surface area contributed by atoms with Crippen molar-refractivity contribution in [1.29, 1.82) is 0 Å². The summed E-state index contributed by atoms with van der Waals surface area (Å²) in [5.74, 6) is 0. The van der Waals surface area contributed by atoms with Gasteiger partial charge in [0.1, 0.15) is 0 Å². The van der Waals surface area contributed by atoms with Crippen LogP contribution in [-0.2, 0) is 72.0 Å². The zero-order chi connectivity index (χ0) is 110. The van der Waals surface area contributed by atoms with Crippen LogP contribution in [0, 0.1) is 96.9 Å². The van der Waals surface area contributed by atoms with Gasteiger partial charge in [0.25, 0.3) is 0 Å². The van der Waals surface area contributed by atoms with Crippen molar-refractivity contribution in [3.63, 3.8) is 0 Å². The smallest absolute Gasteiger partial charge is 0.0545 e. The highest BCUT2D eigenvalue weighted by Crippen LogP contribution is 2.57. The predicted octanol–water partition coefficient (Wildman–Crippen LogP) is 45.9. The minimum atomic E-state index is 0.121. The minimum absolute atomic E-state index is 0.121. The first-order chi connectivity index (χ1) is 67.8. The van der Waals surface area contributed by atoms with E-state index >= 15 is 0 Å². The van der Waals surface area contributed by atoms with Crippen LogP contribution in [-0.4, -0.2) is 4.57 Å². The maximum atomic E-state index is 2.43. The summed E-state index contributed by atoms with van der Waals surface area (Å²) in [6.45, 7) is 116. The van der Waals surface area contributed by atoms with Crippen LogP contribution in [0.4, 0.5) is 0 Å². The highest BCUT2D eigenvalue weighted by Gasteiger charge is 2.36. The summed E-state index contributed by atoms with van der Waals surface area (Å²) in [6.07, 6.45) is 0. The van der Waals surface area contributed by atoms with Gasteiger partial charge < -0.3 is 4.57 Å². The first kappa shape index (κ1) is 113. The first-order valence-electron chi connectivity index (χ1n) is 54.5. The van der Waals surface area contributed by atoms with Crippen LogP contribution >= 0.6 is 68.0 Å². The number of hydrogen-bond donors (Lipinski definition) is 0. The minimum Gasteiger partial charge on any atom is -0.344 e. The summed E-state index contributed by atoms with van der Waals surface area (Å²) in [7, 11) is 2.18. The largest absolute Gasteiger partial charge is 0.344 e. The molecule has 1 nitrogen and oxygen atoms in total. The van der Waals surface area contributed by atoms with E-state index in [1.54, 1.807) is 0 Å². The monoisotopic (exact) mass is 2080 g/mol. The number of fused-ring (bicyclic) bond motifs is 20. The van der Waals surface area contributed by atoms with Crippen molar-refractivity contribution in [2.45, 2.75) is 411 Å². The van der Waals surface area contributed by atoms with Crippen LogP contribution in [0.1, 0.15) is 391 Å². The first-order valence-corrected chi connectivity index (χ1v) is 59.4. The van der Waals surface area contributed by atoms with Crippen LogP contribution < -0.4 is 0 Å². The normalized spacial score (nSPS) is 13.2. The van der Waals surface area contributed by atoms with Crippen LogP contribution in [0.25, 0.3) is 146 Å². The molecule has 20 rings (SSSR count). The van der Waals surface area contributed by atoms with Gasteiger partial charge in [-0.2, -0.15) is 0 Å². The van der Waals surface area contributed by atoms with Crippen molar-refractivity contribution in [2.75, 3.05) is 0 Å². The second-order valence-electron chi connectivity index (χ2n) is 56.3. The number of hydrogen-bond acceptors (Lipinski definition) is 6. The Labute approximate surface area is 916 Å². The maximum absolute atomic E-state index is 2.43. The van der Waals surface area contributed by atoms with Gasteiger partial charge in [-0.25, -0.2) is 0 Å². The zero-order valence-corrected chi connectivity index (χ0v) is 106. The van der Waals surface area contributed by atoms with Crippen LogP contribution in [0.15, 0.2) is 146 Å². The van der Waals surface area contributed by atoms with Gasteiger partial charge in [-0.1, -0.05) is 358 Å². The number of thiophene rings is 6. The molecule has 0 spiro atoms. The molecule has 7 heteroatoms. The standard InChI is InChI=1S/2C28H36S2.2C22H26.C21H27N.C20H26S2/c1-13-15(3)23-19(17(5)21(13)27(7,8)9)25-26(29-23)20-18(6)22(28(10,11)12)14(2)16(4)24(20)30-25;1-13-15(3)21-22(23-19(13)17(5)25(29-23)27(7,8)9)16(4)14(2)20-18(6)26(28(10,11)12)30-24(20)21;1-21(2,3)19-9-7-15-12-18-14-20(22(4,5)6)10-8-16(18)11-17(15)13-19;1-21(2,3)19-15-11-7-9-13-17(15)20(22(4,5)6)18-14-10-8-12-16(18)19;1-20(2,3)14-8-10-16-17-11-9-15(21(4,5)6)13-19(17)22(7)18(16)12-14;1-11-12(2)14-10-16(20(6,7)8)22-18(14)17-13(11)9-15(21-17)19(3,4)5/h2*1-12H3;2*7-14H,1-6H3;8-13H,1-7H3;9-10H,1-8H3. The molecule has 0 radical (unpaired) electrons. The Hall–Kier alpha value is -9.02. The third-order valence-corrected chi connectivity index (χ3v) is 41.8. The van der Waals surface area contributed by atoms with Crippen molar-refractivity contribution < 1.29 is 0 Å². The lowest BCUT2D eigenvalue weighted by atomic mass is 9.74. The number of aryl methyl sites for hydroxylation is 13. The lowest BCUT2D eigenvalue weighted by molar-refractivity contribution is 0.582. The average molecular weight is 2080 g/mol. The summed E-state index contributed by atoms with van der Waals surface area (Å²) in [5, 5.41) is 25.6. The number of nitrogens with zero attached hydrogens (tertiary/aromatic N) is 1. The molecule has 0 bridgehead atoms. The highest BCUT2D eigenvalue weighted by molar-refractivity contribution is 7.37. The molecule has 0 unspecified atom stereocenters. The zero-order valence-electron chi connectivity index (χ0n) is 101. The van der Waals surface area contributed by atoms with Gasteiger partial charge in [0.15, 0.2) is 0 Å².